The van der Waals surface area contributed by atoms with E-state index in [0.717, 1.165) is 31.5 Å². The van der Waals surface area contributed by atoms with Crippen LogP contribution >= 0.6 is 0 Å². The normalized spacial score (nSPS) is 25.8. The molecule has 0 fully saturated rings. The monoisotopic (exact) mass is 358 g/mol. The van der Waals surface area contributed by atoms with Crippen molar-refractivity contribution in [3.8, 4) is 0 Å². The van der Waals surface area contributed by atoms with Gasteiger partial charge in [0.1, 0.15) is 0 Å². The first-order valence-corrected chi connectivity index (χ1v) is 15.3. The summed E-state index contributed by atoms with van der Waals surface area (Å²) in [5.41, 5.74) is 4.18. The molecule has 0 radical (unpaired) electrons. The average Bonchev–Trinajstić information content (AvgIpc) is 2.54. The fraction of sp³-hybridized carbons (Fsp3) is 0.500. The van der Waals surface area contributed by atoms with Crippen LogP contribution in [0.25, 0.3) is 0 Å². The van der Waals surface area contributed by atoms with Gasteiger partial charge in [0.2, 0.25) is 0 Å². The van der Waals surface area contributed by atoms with Gasteiger partial charge in [-0.2, -0.15) is 0 Å². The van der Waals surface area contributed by atoms with Gasteiger partial charge in [-0.3, -0.25) is 0 Å². The van der Waals surface area contributed by atoms with Gasteiger partial charge in [0.05, 0.1) is 12.7 Å². The van der Waals surface area contributed by atoms with E-state index < -0.39 is 16.6 Å². The molecule has 2 heterocycles. The van der Waals surface area contributed by atoms with Gasteiger partial charge in [-0.1, -0.05) is 42.5 Å². The molecule has 2 nitrogen and oxygen atoms in total. The van der Waals surface area contributed by atoms with Crippen LogP contribution in [0.5, 0.6) is 0 Å². The predicted octanol–water partition coefficient (Wildman–Crippen LogP) is 5.31. The highest BCUT2D eigenvalue weighted by Crippen LogP contribution is 2.34. The molecule has 2 aliphatic rings. The van der Waals surface area contributed by atoms with Crippen LogP contribution in [0.1, 0.15) is 12.0 Å². The van der Waals surface area contributed by atoms with Crippen LogP contribution < -0.4 is 0 Å². The van der Waals surface area contributed by atoms with Gasteiger partial charge in [-0.25, -0.2) is 0 Å². The zero-order valence-corrected chi connectivity index (χ0v) is 17.5. The Balaban J connectivity index is 1.75. The van der Waals surface area contributed by atoms with Crippen molar-refractivity contribution < 1.29 is 8.85 Å². The Kier molecular flexibility index (Phi) is 5.30. The molecule has 0 aromatic heterocycles. The minimum Gasteiger partial charge on any atom is -0.413 e. The molecule has 4 heteroatoms. The Morgan fingerprint density at radius 3 is 2.33 bits per heavy atom. The lowest BCUT2D eigenvalue weighted by Crippen LogP contribution is -2.41. The average molecular weight is 359 g/mol. The van der Waals surface area contributed by atoms with Crippen molar-refractivity contribution >= 4 is 16.6 Å². The van der Waals surface area contributed by atoms with Gasteiger partial charge < -0.3 is 8.85 Å². The van der Waals surface area contributed by atoms with Crippen molar-refractivity contribution in [3.63, 3.8) is 0 Å². The van der Waals surface area contributed by atoms with E-state index in [9.17, 15) is 0 Å². The third kappa shape index (κ3) is 4.57. The zero-order valence-electron chi connectivity index (χ0n) is 15.5. The van der Waals surface area contributed by atoms with Crippen LogP contribution in [-0.2, 0) is 15.3 Å². The predicted molar refractivity (Wildman–Crippen MR) is 106 cm³/mol. The van der Waals surface area contributed by atoms with E-state index in [1.54, 1.807) is 0 Å². The number of hydrogen-bond donors (Lipinski definition) is 0. The Labute approximate surface area is 148 Å². The largest absolute Gasteiger partial charge is 0.413 e. The number of aryl methyl sites for hydroxylation is 1. The number of rotatable bonds is 4. The zero-order chi connectivity index (χ0) is 17.2. The van der Waals surface area contributed by atoms with Gasteiger partial charge in [-0.05, 0) is 67.8 Å². The summed E-state index contributed by atoms with van der Waals surface area (Å²) in [6.45, 7) is 10.0. The Morgan fingerprint density at radius 1 is 0.958 bits per heavy atom. The summed E-state index contributed by atoms with van der Waals surface area (Å²) in [7, 11) is -3.01. The second kappa shape index (κ2) is 7.12. The van der Waals surface area contributed by atoms with Gasteiger partial charge >= 0.3 is 0 Å². The SMILES string of the molecule is C[Si]1(C)CC=C(C2=CC[Si](C)(C)OC2CCc2ccccc2)CO1. The fourth-order valence-corrected chi connectivity index (χ4v) is 6.66. The summed E-state index contributed by atoms with van der Waals surface area (Å²) < 4.78 is 12.8. The molecule has 1 atom stereocenters. The van der Waals surface area contributed by atoms with Crippen LogP contribution in [-0.4, -0.2) is 29.3 Å². The van der Waals surface area contributed by atoms with E-state index in [1.165, 1.54) is 16.7 Å². The highest BCUT2D eigenvalue weighted by Gasteiger charge is 2.35. The lowest BCUT2D eigenvalue weighted by molar-refractivity contribution is 0.209. The lowest BCUT2D eigenvalue weighted by atomic mass is 9.95. The van der Waals surface area contributed by atoms with Crippen molar-refractivity contribution in [1.82, 2.24) is 0 Å². The van der Waals surface area contributed by atoms with Crippen molar-refractivity contribution in [1.29, 1.82) is 0 Å². The molecule has 1 aromatic carbocycles. The summed E-state index contributed by atoms with van der Waals surface area (Å²) in [5.74, 6) is 0. The summed E-state index contributed by atoms with van der Waals surface area (Å²) in [6.07, 6.45) is 7.26. The van der Waals surface area contributed by atoms with Gasteiger partial charge in [-0.15, -0.1) is 0 Å². The summed E-state index contributed by atoms with van der Waals surface area (Å²) in [6, 6.07) is 13.0. The molecular formula is C20H30O2Si2. The molecule has 0 bridgehead atoms. The van der Waals surface area contributed by atoms with Crippen molar-refractivity contribution in [2.24, 2.45) is 0 Å². The Hall–Kier alpha value is -0.946. The van der Waals surface area contributed by atoms with Crippen molar-refractivity contribution in [3.05, 3.63) is 59.2 Å². The summed E-state index contributed by atoms with van der Waals surface area (Å²) in [4.78, 5) is 0. The second-order valence-electron chi connectivity index (χ2n) is 8.24. The van der Waals surface area contributed by atoms with E-state index >= 15 is 0 Å². The first-order chi connectivity index (χ1) is 11.3. The van der Waals surface area contributed by atoms with Crippen LogP contribution in [0, 0.1) is 0 Å². The molecule has 130 valence electrons. The van der Waals surface area contributed by atoms with E-state index in [0.29, 0.717) is 0 Å². The van der Waals surface area contributed by atoms with Crippen LogP contribution in [0.2, 0.25) is 38.3 Å². The molecule has 2 aliphatic heterocycles. The second-order valence-corrected chi connectivity index (χ2v) is 16.6. The standard InChI is InChI=1S/C20H30O2Si2/c1-23(2)14-12-18(16-21-23)19-13-15-24(3,4)22-20(19)11-10-17-8-6-5-7-9-17/h5-9,12-13,20H,10-11,14-16H2,1-4H3. The third-order valence-corrected chi connectivity index (χ3v) is 9.21. The van der Waals surface area contributed by atoms with Gasteiger partial charge in [0.25, 0.3) is 0 Å². The molecular weight excluding hydrogens is 328 g/mol. The fourth-order valence-electron chi connectivity index (χ4n) is 3.44. The Bertz CT molecular complexity index is 632. The molecule has 0 saturated carbocycles. The minimum absolute atomic E-state index is 0.235. The molecule has 0 amide bonds. The molecule has 24 heavy (non-hydrogen) atoms. The van der Waals surface area contributed by atoms with Gasteiger partial charge in [0, 0.05) is 0 Å². The van der Waals surface area contributed by atoms with Crippen molar-refractivity contribution in [2.75, 3.05) is 6.61 Å². The highest BCUT2D eigenvalue weighted by atomic mass is 28.4. The summed E-state index contributed by atoms with van der Waals surface area (Å²) >= 11 is 0. The van der Waals surface area contributed by atoms with E-state index in [4.69, 9.17) is 8.85 Å². The molecule has 0 N–H and O–H groups in total. The maximum atomic E-state index is 6.60. The van der Waals surface area contributed by atoms with Crippen molar-refractivity contribution in [2.45, 2.75) is 57.2 Å². The first-order valence-electron chi connectivity index (χ1n) is 9.10. The topological polar surface area (TPSA) is 18.5 Å². The molecule has 0 saturated heterocycles. The molecule has 1 unspecified atom stereocenters. The van der Waals surface area contributed by atoms with Gasteiger partial charge in [0.15, 0.2) is 16.6 Å². The Morgan fingerprint density at radius 2 is 1.67 bits per heavy atom. The molecule has 1 aromatic rings. The molecule has 3 rings (SSSR count). The molecule has 0 aliphatic carbocycles. The van der Waals surface area contributed by atoms with Crippen LogP contribution in [0.3, 0.4) is 0 Å². The highest BCUT2D eigenvalue weighted by molar-refractivity contribution is 6.72. The smallest absolute Gasteiger partial charge is 0.191 e. The summed E-state index contributed by atoms with van der Waals surface area (Å²) in [5, 5.41) is 0. The number of hydrogen-bond acceptors (Lipinski definition) is 2. The van der Waals surface area contributed by atoms with E-state index in [-0.39, 0.29) is 6.10 Å². The molecule has 0 spiro atoms. The third-order valence-electron chi connectivity index (χ3n) is 4.99. The lowest BCUT2D eigenvalue weighted by Gasteiger charge is -2.38. The first kappa shape index (κ1) is 17.9. The maximum Gasteiger partial charge on any atom is 0.191 e. The minimum atomic E-state index is -1.56. The van der Waals surface area contributed by atoms with E-state index in [1.807, 2.05) is 0 Å². The van der Waals surface area contributed by atoms with E-state index in [2.05, 4.69) is 68.7 Å². The maximum absolute atomic E-state index is 6.60. The number of benzene rings is 1. The quantitative estimate of drug-likeness (QED) is 0.679. The van der Waals surface area contributed by atoms with Crippen LogP contribution in [0.15, 0.2) is 53.6 Å². The van der Waals surface area contributed by atoms with Crippen LogP contribution in [0.4, 0.5) is 0 Å². The number of allylic oxidation sites excluding steroid dienone is 2.